The smallest absolute Gasteiger partial charge is 0.389 e. The van der Waals surface area contributed by atoms with Crippen LogP contribution in [0.2, 0.25) is 0 Å². The summed E-state index contributed by atoms with van der Waals surface area (Å²) in [5.41, 5.74) is 2.07. The average molecular weight is 446 g/mol. The zero-order valence-electron chi connectivity index (χ0n) is 17.3. The molecule has 0 fully saturated rings. The number of esters is 1. The molecule has 0 spiro atoms. The maximum atomic E-state index is 13.1. The molecule has 0 bridgehead atoms. The molecule has 2 aromatic carbocycles. The van der Waals surface area contributed by atoms with E-state index in [9.17, 15) is 22.8 Å². The Kier molecular flexibility index (Phi) is 5.77. The summed E-state index contributed by atoms with van der Waals surface area (Å²) in [7, 11) is 1.25. The zero-order valence-corrected chi connectivity index (χ0v) is 17.3. The van der Waals surface area contributed by atoms with Gasteiger partial charge in [-0.25, -0.2) is 9.78 Å². The predicted molar refractivity (Wildman–Crippen MR) is 112 cm³/mol. The van der Waals surface area contributed by atoms with Crippen LogP contribution in [0.25, 0.3) is 22.1 Å². The summed E-state index contributed by atoms with van der Waals surface area (Å²) >= 11 is 0. The van der Waals surface area contributed by atoms with Crippen molar-refractivity contribution < 1.29 is 22.7 Å². The molecular weight excluding hydrogens is 425 g/mol. The Morgan fingerprint density at radius 3 is 2.25 bits per heavy atom. The van der Waals surface area contributed by atoms with Gasteiger partial charge in [0.05, 0.1) is 35.7 Å². The van der Waals surface area contributed by atoms with E-state index >= 15 is 0 Å². The van der Waals surface area contributed by atoms with Gasteiger partial charge in [-0.15, -0.1) is 0 Å². The molecule has 32 heavy (non-hydrogen) atoms. The monoisotopic (exact) mass is 446 g/mol. The van der Waals surface area contributed by atoms with Gasteiger partial charge < -0.3 is 9.30 Å². The summed E-state index contributed by atoms with van der Waals surface area (Å²) in [6.45, 7) is -0.0794. The van der Waals surface area contributed by atoms with Crippen molar-refractivity contribution in [3.05, 3.63) is 64.8 Å². The molecule has 0 saturated heterocycles. The second kappa shape index (κ2) is 8.52. The molecule has 0 N–H and O–H groups in total. The van der Waals surface area contributed by atoms with Gasteiger partial charge in [0.15, 0.2) is 0 Å². The summed E-state index contributed by atoms with van der Waals surface area (Å²) < 4.78 is 47.3. The van der Waals surface area contributed by atoms with Crippen LogP contribution in [0.1, 0.15) is 18.7 Å². The van der Waals surface area contributed by atoms with E-state index in [4.69, 9.17) is 4.74 Å². The molecule has 7 nitrogen and oxygen atoms in total. The highest BCUT2D eigenvalue weighted by Crippen LogP contribution is 2.24. The Morgan fingerprint density at radius 1 is 0.969 bits per heavy atom. The molecule has 0 aliphatic rings. The fourth-order valence-electron chi connectivity index (χ4n) is 3.85. The van der Waals surface area contributed by atoms with Crippen LogP contribution in [0.5, 0.6) is 0 Å². The number of rotatable bonds is 7. The third kappa shape index (κ3) is 4.25. The van der Waals surface area contributed by atoms with E-state index in [0.29, 0.717) is 27.9 Å². The van der Waals surface area contributed by atoms with Crippen molar-refractivity contribution in [3.63, 3.8) is 0 Å². The number of hydrogen-bond donors (Lipinski definition) is 0. The zero-order chi connectivity index (χ0) is 22.9. The van der Waals surface area contributed by atoms with Crippen LogP contribution < -0.4 is 5.69 Å². The van der Waals surface area contributed by atoms with Crippen molar-refractivity contribution in [3.8, 4) is 0 Å². The summed E-state index contributed by atoms with van der Waals surface area (Å²) in [6.07, 6.45) is -5.25. The average Bonchev–Trinajstić information content (AvgIpc) is 3.23. The number of carbonyl (C=O) groups excluding carboxylic acids is 1. The minimum Gasteiger partial charge on any atom is -0.468 e. The van der Waals surface area contributed by atoms with Crippen molar-refractivity contribution in [1.29, 1.82) is 0 Å². The Bertz CT molecular complexity index is 1330. The molecular formula is C22H21F3N4O3. The van der Waals surface area contributed by atoms with Crippen molar-refractivity contribution in [1.82, 2.24) is 18.7 Å². The Hall–Kier alpha value is -3.56. The van der Waals surface area contributed by atoms with Crippen molar-refractivity contribution in [2.75, 3.05) is 7.11 Å². The van der Waals surface area contributed by atoms with Crippen LogP contribution in [-0.4, -0.2) is 37.9 Å². The van der Waals surface area contributed by atoms with Gasteiger partial charge in [0.25, 0.3) is 0 Å². The third-order valence-electron chi connectivity index (χ3n) is 5.32. The summed E-state index contributed by atoms with van der Waals surface area (Å²) in [5, 5.41) is 0. The number of fused-ring (bicyclic) bond motifs is 2. The SMILES string of the molecule is COC(=O)Cn1c(=O)n(Cc2nc3ccccc3n2CCCC(F)(F)F)c2ccccc21. The molecule has 0 unspecified atom stereocenters. The molecule has 2 heterocycles. The summed E-state index contributed by atoms with van der Waals surface area (Å²) in [6, 6.07) is 14.2. The Morgan fingerprint density at radius 2 is 1.59 bits per heavy atom. The predicted octanol–water partition coefficient (Wildman–Crippen LogP) is 3.72. The lowest BCUT2D eigenvalue weighted by Crippen LogP contribution is -2.28. The highest BCUT2D eigenvalue weighted by Gasteiger charge is 2.26. The first-order valence-electron chi connectivity index (χ1n) is 10.0. The van der Waals surface area contributed by atoms with E-state index in [1.54, 1.807) is 53.1 Å². The van der Waals surface area contributed by atoms with Gasteiger partial charge in [-0.2, -0.15) is 13.2 Å². The van der Waals surface area contributed by atoms with Crippen molar-refractivity contribution >= 4 is 28.0 Å². The number of para-hydroxylation sites is 4. The topological polar surface area (TPSA) is 71.1 Å². The van der Waals surface area contributed by atoms with E-state index in [-0.39, 0.29) is 26.1 Å². The second-order valence-corrected chi connectivity index (χ2v) is 7.41. The van der Waals surface area contributed by atoms with E-state index in [1.165, 1.54) is 16.2 Å². The molecule has 10 heteroatoms. The number of benzene rings is 2. The number of alkyl halides is 3. The van der Waals surface area contributed by atoms with Crippen molar-refractivity contribution in [2.24, 2.45) is 0 Å². The summed E-state index contributed by atoms with van der Waals surface area (Å²) in [5.74, 6) is -0.0918. The second-order valence-electron chi connectivity index (χ2n) is 7.41. The van der Waals surface area contributed by atoms with Crippen LogP contribution >= 0.6 is 0 Å². The molecule has 0 radical (unpaired) electrons. The number of ether oxygens (including phenoxy) is 1. The molecule has 0 saturated carbocycles. The van der Waals surface area contributed by atoms with Gasteiger partial charge in [-0.3, -0.25) is 13.9 Å². The van der Waals surface area contributed by atoms with E-state index in [2.05, 4.69) is 4.98 Å². The van der Waals surface area contributed by atoms with E-state index in [1.807, 2.05) is 0 Å². The molecule has 4 rings (SSSR count). The van der Waals surface area contributed by atoms with Gasteiger partial charge in [0.2, 0.25) is 0 Å². The lowest BCUT2D eigenvalue weighted by Gasteiger charge is -2.11. The quantitative estimate of drug-likeness (QED) is 0.406. The van der Waals surface area contributed by atoms with E-state index in [0.717, 1.165) is 0 Å². The number of aryl methyl sites for hydroxylation is 1. The Labute approximate surface area is 180 Å². The fraction of sp³-hybridized carbons (Fsp3) is 0.318. The van der Waals surface area contributed by atoms with Gasteiger partial charge in [0, 0.05) is 13.0 Å². The van der Waals surface area contributed by atoms with Gasteiger partial charge >= 0.3 is 17.8 Å². The number of nitrogens with zero attached hydrogens (tertiary/aromatic N) is 4. The Balaban J connectivity index is 1.77. The largest absolute Gasteiger partial charge is 0.468 e. The number of methoxy groups -OCH3 is 1. The molecule has 2 aromatic heterocycles. The summed E-state index contributed by atoms with van der Waals surface area (Å²) in [4.78, 5) is 29.5. The lowest BCUT2D eigenvalue weighted by atomic mass is 10.2. The number of imidazole rings is 2. The first-order valence-corrected chi connectivity index (χ1v) is 10.0. The normalized spacial score (nSPS) is 12.0. The number of hydrogen-bond acceptors (Lipinski definition) is 4. The highest BCUT2D eigenvalue weighted by atomic mass is 19.4. The van der Waals surface area contributed by atoms with Crippen LogP contribution in [0.3, 0.4) is 0 Å². The molecule has 168 valence electrons. The molecule has 4 aromatic rings. The fourth-order valence-corrected chi connectivity index (χ4v) is 3.85. The van der Waals surface area contributed by atoms with Crippen molar-refractivity contribution in [2.45, 2.75) is 38.7 Å². The van der Waals surface area contributed by atoms with Gasteiger partial charge in [0.1, 0.15) is 12.4 Å². The van der Waals surface area contributed by atoms with Gasteiger partial charge in [-0.1, -0.05) is 24.3 Å². The maximum absolute atomic E-state index is 13.1. The first-order chi connectivity index (χ1) is 15.3. The highest BCUT2D eigenvalue weighted by molar-refractivity contribution is 5.79. The third-order valence-corrected chi connectivity index (χ3v) is 5.32. The maximum Gasteiger partial charge on any atom is 0.389 e. The standard InChI is InChI=1S/C22H21F3N4O3/c1-32-20(30)14-29-18-10-5-4-9-17(18)28(21(29)31)13-19-26-15-7-2-3-8-16(15)27(19)12-6-11-22(23,24)25/h2-5,7-10H,6,11-14H2,1H3. The number of halogens is 3. The molecule has 0 aliphatic heterocycles. The molecule has 0 atom stereocenters. The number of aromatic nitrogens is 4. The minimum atomic E-state index is -4.24. The van der Waals surface area contributed by atoms with Crippen LogP contribution in [-0.2, 0) is 29.2 Å². The lowest BCUT2D eigenvalue weighted by molar-refractivity contribution is -0.141. The minimum absolute atomic E-state index is 0.0498. The molecule has 0 aliphatic carbocycles. The van der Waals surface area contributed by atoms with Crippen LogP contribution in [0.15, 0.2) is 53.3 Å². The first kappa shape index (κ1) is 21.7. The number of carbonyl (C=O) groups is 1. The van der Waals surface area contributed by atoms with Crippen LogP contribution in [0, 0.1) is 0 Å². The van der Waals surface area contributed by atoms with Crippen LogP contribution in [0.4, 0.5) is 13.2 Å². The molecule has 0 amide bonds. The van der Waals surface area contributed by atoms with Gasteiger partial charge in [-0.05, 0) is 30.7 Å². The van der Waals surface area contributed by atoms with E-state index < -0.39 is 24.3 Å².